The van der Waals surface area contributed by atoms with Crippen LogP contribution < -0.4 is 20.1 Å². The van der Waals surface area contributed by atoms with Crippen LogP contribution in [-0.4, -0.2) is 37.7 Å². The summed E-state index contributed by atoms with van der Waals surface area (Å²) in [6.45, 7) is 8.83. The van der Waals surface area contributed by atoms with Crippen molar-refractivity contribution in [3.63, 3.8) is 0 Å². The molecule has 0 atom stereocenters. The van der Waals surface area contributed by atoms with E-state index in [1.807, 2.05) is 25.1 Å². The van der Waals surface area contributed by atoms with Gasteiger partial charge < -0.3 is 20.1 Å². The van der Waals surface area contributed by atoms with E-state index in [1.165, 1.54) is 11.1 Å². The number of aryl methyl sites for hydroxylation is 1. The maximum atomic E-state index is 5.45. The van der Waals surface area contributed by atoms with Crippen LogP contribution in [0.15, 0.2) is 41.5 Å². The first-order chi connectivity index (χ1) is 13.2. The van der Waals surface area contributed by atoms with Gasteiger partial charge in [0.25, 0.3) is 0 Å². The number of hydrogen-bond acceptors (Lipinski definition) is 4. The average Bonchev–Trinajstić information content (AvgIpc) is 2.67. The van der Waals surface area contributed by atoms with Crippen LogP contribution in [0.1, 0.15) is 30.5 Å². The molecule has 1 heterocycles. The zero-order valence-electron chi connectivity index (χ0n) is 17.1. The molecular formula is C21H31IN4O2. The van der Waals surface area contributed by atoms with Crippen molar-refractivity contribution in [3.8, 4) is 11.6 Å². The van der Waals surface area contributed by atoms with Gasteiger partial charge in [-0.05, 0) is 50.5 Å². The molecule has 0 bridgehead atoms. The van der Waals surface area contributed by atoms with E-state index >= 15 is 0 Å². The number of aromatic nitrogens is 1. The second kappa shape index (κ2) is 13.2. The lowest BCUT2D eigenvalue weighted by atomic mass is 10.1. The Balaban J connectivity index is 0.00000392. The highest BCUT2D eigenvalue weighted by molar-refractivity contribution is 14.0. The zero-order valence-corrected chi connectivity index (χ0v) is 19.4. The maximum Gasteiger partial charge on any atom is 0.213 e. The molecule has 1 aromatic carbocycles. The van der Waals surface area contributed by atoms with Crippen molar-refractivity contribution in [1.82, 2.24) is 15.6 Å². The van der Waals surface area contributed by atoms with Gasteiger partial charge in [-0.25, -0.2) is 9.98 Å². The van der Waals surface area contributed by atoms with E-state index in [-0.39, 0.29) is 24.0 Å². The normalized spacial score (nSPS) is 10.8. The minimum absolute atomic E-state index is 0. The first kappa shape index (κ1) is 24.0. The number of ether oxygens (including phenoxy) is 2. The lowest BCUT2D eigenvalue weighted by Gasteiger charge is -2.13. The summed E-state index contributed by atoms with van der Waals surface area (Å²) in [6.07, 6.45) is 2.61. The Kier molecular flexibility index (Phi) is 11.3. The van der Waals surface area contributed by atoms with Crippen molar-refractivity contribution in [2.45, 2.75) is 33.7 Å². The van der Waals surface area contributed by atoms with Gasteiger partial charge in [-0.15, -0.1) is 24.0 Å². The van der Waals surface area contributed by atoms with Crippen LogP contribution in [0.4, 0.5) is 0 Å². The number of nitrogens with zero attached hydrogens (tertiary/aromatic N) is 2. The van der Waals surface area contributed by atoms with Gasteiger partial charge in [0.1, 0.15) is 5.75 Å². The Labute approximate surface area is 185 Å². The third kappa shape index (κ3) is 7.92. The van der Waals surface area contributed by atoms with Crippen LogP contribution in [0, 0.1) is 6.92 Å². The Morgan fingerprint density at radius 2 is 1.96 bits per heavy atom. The molecule has 0 radical (unpaired) electrons. The van der Waals surface area contributed by atoms with E-state index in [9.17, 15) is 0 Å². The first-order valence-electron chi connectivity index (χ1n) is 9.39. The molecule has 0 amide bonds. The average molecular weight is 498 g/mol. The number of halogens is 1. The summed E-state index contributed by atoms with van der Waals surface area (Å²) in [6, 6.07) is 10.1. The molecule has 0 spiro atoms. The van der Waals surface area contributed by atoms with Gasteiger partial charge in [0.05, 0.1) is 20.3 Å². The predicted molar refractivity (Wildman–Crippen MR) is 125 cm³/mol. The van der Waals surface area contributed by atoms with Crippen molar-refractivity contribution in [1.29, 1.82) is 0 Å². The lowest BCUT2D eigenvalue weighted by molar-refractivity contribution is 0.326. The Morgan fingerprint density at radius 3 is 2.68 bits per heavy atom. The second-order valence-corrected chi connectivity index (χ2v) is 6.12. The fraction of sp³-hybridized carbons (Fsp3) is 0.429. The fourth-order valence-corrected chi connectivity index (χ4v) is 2.71. The van der Waals surface area contributed by atoms with Gasteiger partial charge in [-0.2, -0.15) is 0 Å². The smallest absolute Gasteiger partial charge is 0.213 e. The monoisotopic (exact) mass is 498 g/mol. The number of rotatable bonds is 9. The van der Waals surface area contributed by atoms with E-state index in [4.69, 9.17) is 9.47 Å². The molecular weight excluding hydrogens is 467 g/mol. The fourth-order valence-electron chi connectivity index (χ4n) is 2.71. The third-order valence-corrected chi connectivity index (χ3v) is 3.98. The lowest BCUT2D eigenvalue weighted by Crippen LogP contribution is -2.38. The number of guanidine groups is 1. The van der Waals surface area contributed by atoms with Crippen molar-refractivity contribution in [2.24, 2.45) is 4.99 Å². The van der Waals surface area contributed by atoms with Gasteiger partial charge in [0.2, 0.25) is 5.88 Å². The Hall–Kier alpha value is -2.03. The van der Waals surface area contributed by atoms with Crippen molar-refractivity contribution >= 4 is 29.9 Å². The molecule has 1 aromatic heterocycles. The van der Waals surface area contributed by atoms with E-state index in [0.717, 1.165) is 36.8 Å². The number of pyridine rings is 1. The summed E-state index contributed by atoms with van der Waals surface area (Å²) in [5, 5.41) is 6.67. The predicted octanol–water partition coefficient (Wildman–Crippen LogP) is 3.71. The standard InChI is InChI=1S/C21H30N4O2.HI/c1-5-22-21(25-15-17-9-11-23-20(14-17)27-6-2)24-12-10-18-13-16(3)7-8-19(18)26-4;/h7-9,11,13-14H,5-6,10,12,15H2,1-4H3,(H2,22,24,25);1H. The molecule has 0 saturated carbocycles. The van der Waals surface area contributed by atoms with Gasteiger partial charge in [-0.1, -0.05) is 17.7 Å². The van der Waals surface area contributed by atoms with Crippen LogP contribution in [0.3, 0.4) is 0 Å². The molecule has 0 aliphatic rings. The van der Waals surface area contributed by atoms with Crippen LogP contribution in [0.25, 0.3) is 0 Å². The van der Waals surface area contributed by atoms with Gasteiger partial charge in [0.15, 0.2) is 5.96 Å². The molecule has 2 aromatic rings. The molecule has 7 heteroatoms. The number of nitrogens with one attached hydrogen (secondary N) is 2. The molecule has 28 heavy (non-hydrogen) atoms. The van der Waals surface area contributed by atoms with E-state index in [1.54, 1.807) is 13.3 Å². The van der Waals surface area contributed by atoms with Gasteiger partial charge >= 0.3 is 0 Å². The van der Waals surface area contributed by atoms with Crippen molar-refractivity contribution in [3.05, 3.63) is 53.2 Å². The minimum atomic E-state index is 0. The summed E-state index contributed by atoms with van der Waals surface area (Å²) in [5.74, 6) is 2.35. The van der Waals surface area contributed by atoms with Gasteiger partial charge in [0, 0.05) is 25.4 Å². The molecule has 0 saturated heterocycles. The number of methoxy groups -OCH3 is 1. The Morgan fingerprint density at radius 1 is 1.14 bits per heavy atom. The number of benzene rings is 1. The van der Waals surface area contributed by atoms with Crippen LogP contribution in [0.5, 0.6) is 11.6 Å². The van der Waals surface area contributed by atoms with Crippen molar-refractivity contribution < 1.29 is 9.47 Å². The second-order valence-electron chi connectivity index (χ2n) is 6.12. The first-order valence-corrected chi connectivity index (χ1v) is 9.39. The zero-order chi connectivity index (χ0) is 19.5. The highest BCUT2D eigenvalue weighted by Gasteiger charge is 2.04. The largest absolute Gasteiger partial charge is 0.496 e. The van der Waals surface area contributed by atoms with Crippen LogP contribution >= 0.6 is 24.0 Å². The van der Waals surface area contributed by atoms with Gasteiger partial charge in [-0.3, -0.25) is 0 Å². The molecule has 0 aliphatic heterocycles. The highest BCUT2D eigenvalue weighted by atomic mass is 127. The number of aliphatic imine (C=N–C) groups is 1. The van der Waals surface area contributed by atoms with E-state index in [0.29, 0.717) is 19.0 Å². The van der Waals surface area contributed by atoms with E-state index < -0.39 is 0 Å². The maximum absolute atomic E-state index is 5.45. The molecule has 2 rings (SSSR count). The summed E-state index contributed by atoms with van der Waals surface area (Å²) < 4.78 is 10.9. The quantitative estimate of drug-likeness (QED) is 0.314. The highest BCUT2D eigenvalue weighted by Crippen LogP contribution is 2.19. The summed E-state index contributed by atoms with van der Waals surface area (Å²) in [5.41, 5.74) is 3.48. The Bertz CT molecular complexity index is 753. The molecule has 0 fully saturated rings. The summed E-state index contributed by atoms with van der Waals surface area (Å²) in [4.78, 5) is 8.84. The summed E-state index contributed by atoms with van der Waals surface area (Å²) >= 11 is 0. The SMILES string of the molecule is CCNC(=NCc1ccnc(OCC)c1)NCCc1cc(C)ccc1OC.I. The molecule has 154 valence electrons. The molecule has 2 N–H and O–H groups in total. The third-order valence-electron chi connectivity index (χ3n) is 3.98. The topological polar surface area (TPSA) is 67.8 Å². The minimum Gasteiger partial charge on any atom is -0.496 e. The van der Waals surface area contributed by atoms with Crippen LogP contribution in [0.2, 0.25) is 0 Å². The molecule has 0 aliphatic carbocycles. The number of hydrogen-bond donors (Lipinski definition) is 2. The van der Waals surface area contributed by atoms with Crippen LogP contribution in [-0.2, 0) is 13.0 Å². The molecule has 0 unspecified atom stereocenters. The van der Waals surface area contributed by atoms with E-state index in [2.05, 4.69) is 46.6 Å². The molecule has 6 nitrogen and oxygen atoms in total. The van der Waals surface area contributed by atoms with Crippen molar-refractivity contribution in [2.75, 3.05) is 26.8 Å². The summed E-state index contributed by atoms with van der Waals surface area (Å²) in [7, 11) is 1.71.